The maximum Gasteiger partial charge on any atom is 0.313 e. The Bertz CT molecular complexity index is 520. The molecule has 0 aromatic carbocycles. The van der Waals surface area contributed by atoms with Gasteiger partial charge in [0.25, 0.3) is 0 Å². The van der Waals surface area contributed by atoms with Gasteiger partial charge in [-0.25, -0.2) is 0 Å². The van der Waals surface area contributed by atoms with Crippen LogP contribution in [0.3, 0.4) is 0 Å². The Morgan fingerprint density at radius 3 is 1.96 bits per heavy atom. The molecule has 0 radical (unpaired) electrons. The molecule has 1 unspecified atom stereocenters. The summed E-state index contributed by atoms with van der Waals surface area (Å²) in [4.78, 5) is 23.3. The molecule has 0 aromatic heterocycles. The van der Waals surface area contributed by atoms with Crippen LogP contribution in [0.4, 0.5) is 0 Å². The molecule has 0 aliphatic heterocycles. The Morgan fingerprint density at radius 1 is 0.885 bits per heavy atom. The van der Waals surface area contributed by atoms with Gasteiger partial charge in [-0.3, -0.25) is 9.59 Å². The second kappa shape index (κ2) is 14.5. The van der Waals surface area contributed by atoms with Gasteiger partial charge in [-0.05, 0) is 73.1 Å². The Labute approximate surface area is 160 Å². The molecule has 0 N–H and O–H groups in total. The molecule has 1 atom stereocenters. The molecular weight excluding hydrogens is 324 g/mol. The smallest absolute Gasteiger partial charge is 0.313 e. The number of ketones is 1. The molecule has 0 amide bonds. The van der Waals surface area contributed by atoms with Crippen LogP contribution >= 0.6 is 0 Å². The molecule has 0 bridgehead atoms. The topological polar surface area (TPSA) is 43.4 Å². The zero-order valence-corrected chi connectivity index (χ0v) is 17.7. The molecule has 0 rings (SSSR count). The molecule has 0 saturated heterocycles. The van der Waals surface area contributed by atoms with Gasteiger partial charge in [0.15, 0.2) is 0 Å². The maximum absolute atomic E-state index is 11.9. The zero-order valence-electron chi connectivity index (χ0n) is 17.7. The fourth-order valence-electron chi connectivity index (χ4n) is 2.61. The van der Waals surface area contributed by atoms with E-state index in [9.17, 15) is 9.59 Å². The summed E-state index contributed by atoms with van der Waals surface area (Å²) in [6.45, 7) is 12.6. The number of hydrogen-bond acceptors (Lipinski definition) is 3. The van der Waals surface area contributed by atoms with Gasteiger partial charge in [-0.15, -0.1) is 0 Å². The van der Waals surface area contributed by atoms with E-state index in [2.05, 4.69) is 45.9 Å². The van der Waals surface area contributed by atoms with Gasteiger partial charge < -0.3 is 4.74 Å². The Morgan fingerprint density at radius 2 is 1.42 bits per heavy atom. The second-order valence-electron chi connectivity index (χ2n) is 7.39. The van der Waals surface area contributed by atoms with E-state index in [1.54, 1.807) is 6.92 Å². The maximum atomic E-state index is 11.9. The van der Waals surface area contributed by atoms with Gasteiger partial charge in [0, 0.05) is 5.92 Å². The van der Waals surface area contributed by atoms with Gasteiger partial charge in [0.2, 0.25) is 0 Å². The first-order valence-corrected chi connectivity index (χ1v) is 9.89. The lowest BCUT2D eigenvalue weighted by molar-refractivity contribution is -0.146. The number of Topliss-reactive ketones (excluding diaryl/α,β-unsaturated/α-hetero) is 1. The zero-order chi connectivity index (χ0) is 19.9. The summed E-state index contributed by atoms with van der Waals surface area (Å²) in [7, 11) is 0. The summed E-state index contributed by atoms with van der Waals surface area (Å²) in [5, 5.41) is 0. The predicted octanol–water partition coefficient (Wildman–Crippen LogP) is 6.34. The third-order valence-electron chi connectivity index (χ3n) is 4.39. The number of hydrogen-bond donors (Lipinski definition) is 0. The van der Waals surface area contributed by atoms with Gasteiger partial charge in [0.1, 0.15) is 12.2 Å². The van der Waals surface area contributed by atoms with Crippen LogP contribution < -0.4 is 0 Å². The lowest BCUT2D eigenvalue weighted by Gasteiger charge is -2.09. The monoisotopic (exact) mass is 362 g/mol. The number of allylic oxidation sites excluding steroid dienone is 6. The van der Waals surface area contributed by atoms with Crippen molar-refractivity contribution in [2.24, 2.45) is 5.92 Å². The molecule has 3 nitrogen and oxygen atoms in total. The lowest BCUT2D eigenvalue weighted by atomic mass is 9.97. The third-order valence-corrected chi connectivity index (χ3v) is 4.39. The Kier molecular flexibility index (Phi) is 13.6. The van der Waals surface area contributed by atoms with Crippen molar-refractivity contribution in [3.63, 3.8) is 0 Å². The fraction of sp³-hybridized carbons (Fsp3) is 0.652. The van der Waals surface area contributed by atoms with Crippen LogP contribution in [-0.2, 0) is 14.3 Å². The van der Waals surface area contributed by atoms with Crippen molar-refractivity contribution in [3.05, 3.63) is 34.9 Å². The third kappa shape index (κ3) is 13.6. The Balaban J connectivity index is 4.08. The van der Waals surface area contributed by atoms with Gasteiger partial charge >= 0.3 is 5.97 Å². The van der Waals surface area contributed by atoms with Crippen molar-refractivity contribution in [2.75, 3.05) is 6.61 Å². The number of carbonyl (C=O) groups is 2. The molecule has 0 aliphatic rings. The lowest BCUT2D eigenvalue weighted by Crippen LogP contribution is -2.17. The first-order chi connectivity index (χ1) is 12.3. The van der Waals surface area contributed by atoms with E-state index in [4.69, 9.17) is 4.74 Å². The van der Waals surface area contributed by atoms with Crippen LogP contribution in [0.25, 0.3) is 0 Å². The first-order valence-electron chi connectivity index (χ1n) is 9.89. The van der Waals surface area contributed by atoms with Crippen molar-refractivity contribution in [3.8, 4) is 0 Å². The number of esters is 1. The Hall–Kier alpha value is -1.64. The SMILES string of the molecule is CCOC(=O)CC(=O)C(C)CCC=C(C)CCC=C(C)CCC=C(C)C. The molecule has 0 fully saturated rings. The molecule has 0 aromatic rings. The van der Waals surface area contributed by atoms with E-state index in [1.807, 2.05) is 6.92 Å². The van der Waals surface area contributed by atoms with Gasteiger partial charge in [0.05, 0.1) is 6.61 Å². The van der Waals surface area contributed by atoms with E-state index < -0.39 is 5.97 Å². The van der Waals surface area contributed by atoms with E-state index in [0.29, 0.717) is 6.61 Å². The molecular formula is C23H38O3. The minimum Gasteiger partial charge on any atom is -0.466 e. The average molecular weight is 363 g/mol. The van der Waals surface area contributed by atoms with Crippen molar-refractivity contribution in [1.82, 2.24) is 0 Å². The molecule has 0 aliphatic carbocycles. The largest absolute Gasteiger partial charge is 0.466 e. The van der Waals surface area contributed by atoms with Crippen molar-refractivity contribution < 1.29 is 14.3 Å². The molecule has 3 heteroatoms. The van der Waals surface area contributed by atoms with Crippen LogP contribution in [0.15, 0.2) is 34.9 Å². The van der Waals surface area contributed by atoms with Crippen molar-refractivity contribution in [2.45, 2.75) is 86.5 Å². The van der Waals surface area contributed by atoms with Crippen LogP contribution in [-0.4, -0.2) is 18.4 Å². The normalized spacial score (nSPS) is 13.3. The molecule has 148 valence electrons. The quantitative estimate of drug-likeness (QED) is 0.218. The summed E-state index contributed by atoms with van der Waals surface area (Å²) >= 11 is 0. The van der Waals surface area contributed by atoms with Crippen LogP contribution in [0, 0.1) is 5.92 Å². The second-order valence-corrected chi connectivity index (χ2v) is 7.39. The summed E-state index contributed by atoms with van der Waals surface area (Å²) in [5.74, 6) is -0.534. The average Bonchev–Trinajstić information content (AvgIpc) is 2.54. The van der Waals surface area contributed by atoms with E-state index in [-0.39, 0.29) is 18.1 Å². The van der Waals surface area contributed by atoms with E-state index >= 15 is 0 Å². The van der Waals surface area contributed by atoms with Crippen LogP contribution in [0.1, 0.15) is 86.5 Å². The number of rotatable bonds is 13. The van der Waals surface area contributed by atoms with Gasteiger partial charge in [-0.1, -0.05) is 41.9 Å². The van der Waals surface area contributed by atoms with Crippen LogP contribution in [0.5, 0.6) is 0 Å². The molecule has 0 saturated carbocycles. The summed E-state index contributed by atoms with van der Waals surface area (Å²) in [5.41, 5.74) is 4.20. The van der Waals surface area contributed by atoms with Gasteiger partial charge in [-0.2, -0.15) is 0 Å². The highest BCUT2D eigenvalue weighted by atomic mass is 16.5. The fourth-order valence-corrected chi connectivity index (χ4v) is 2.61. The minimum atomic E-state index is -0.414. The first kappa shape index (κ1) is 24.4. The van der Waals surface area contributed by atoms with Crippen LogP contribution in [0.2, 0.25) is 0 Å². The number of carbonyl (C=O) groups excluding carboxylic acids is 2. The summed E-state index contributed by atoms with van der Waals surface area (Å²) in [6, 6.07) is 0. The van der Waals surface area contributed by atoms with Crippen molar-refractivity contribution in [1.29, 1.82) is 0 Å². The summed E-state index contributed by atoms with van der Waals surface area (Å²) in [6.07, 6.45) is 12.8. The highest BCUT2D eigenvalue weighted by molar-refractivity contribution is 5.96. The predicted molar refractivity (Wildman–Crippen MR) is 110 cm³/mol. The number of ether oxygens (including phenoxy) is 1. The highest BCUT2D eigenvalue weighted by Gasteiger charge is 2.16. The van der Waals surface area contributed by atoms with Crippen molar-refractivity contribution >= 4 is 11.8 Å². The summed E-state index contributed by atoms with van der Waals surface area (Å²) < 4.78 is 4.82. The van der Waals surface area contributed by atoms with E-state index in [0.717, 1.165) is 38.5 Å². The molecule has 26 heavy (non-hydrogen) atoms. The highest BCUT2D eigenvalue weighted by Crippen LogP contribution is 2.15. The molecule has 0 spiro atoms. The molecule has 0 heterocycles. The minimum absolute atomic E-state index is 0.0237. The van der Waals surface area contributed by atoms with E-state index in [1.165, 1.54) is 16.7 Å². The standard InChI is InChI=1S/C23H38O3/c1-7-26-23(25)17-22(24)21(6)16-10-15-20(5)14-9-13-19(4)12-8-11-18(2)3/h11,13,15,21H,7-10,12,14,16-17H2,1-6H3.